The first-order chi connectivity index (χ1) is 9.72. The lowest BCUT2D eigenvalue weighted by Gasteiger charge is -2.12. The molecule has 0 aliphatic heterocycles. The van der Waals surface area contributed by atoms with Crippen LogP contribution in [0.1, 0.15) is 22.8 Å². The number of para-hydroxylation sites is 1. The molecule has 4 nitrogen and oxygen atoms in total. The number of nitrogens with two attached hydrogens (primary N) is 1. The molecule has 0 atom stereocenters. The number of nitrogens with one attached hydrogen (secondary N) is 1. The maximum atomic E-state index is 12.2. The maximum Gasteiger partial charge on any atom is 0.255 e. The highest BCUT2D eigenvalue weighted by Gasteiger charge is 2.14. The monoisotopic (exact) mass is 290 g/mol. The largest absolute Gasteiger partial charge is 0.491 e. The molecule has 2 aromatic rings. The molecule has 1 amide bonds. The van der Waals surface area contributed by atoms with Crippen molar-refractivity contribution in [3.05, 3.63) is 46.2 Å². The minimum absolute atomic E-state index is 0.157. The van der Waals surface area contributed by atoms with Crippen LogP contribution in [-0.4, -0.2) is 19.1 Å². The minimum atomic E-state index is -0.157. The van der Waals surface area contributed by atoms with Crippen molar-refractivity contribution in [1.29, 1.82) is 0 Å². The van der Waals surface area contributed by atoms with Gasteiger partial charge in [-0.05, 0) is 47.9 Å². The fraction of sp³-hybridized carbons (Fsp3) is 0.267. The Morgan fingerprint density at radius 2 is 2.25 bits per heavy atom. The summed E-state index contributed by atoms with van der Waals surface area (Å²) in [7, 11) is 0. The Bertz CT molecular complexity index is 567. The number of hydrogen-bond acceptors (Lipinski definition) is 4. The SMILES string of the molecule is CCOc1c(N)cccc1C(=O)NCCc1ccsc1. The maximum absolute atomic E-state index is 12.2. The van der Waals surface area contributed by atoms with Crippen molar-refractivity contribution in [2.75, 3.05) is 18.9 Å². The van der Waals surface area contributed by atoms with Gasteiger partial charge in [-0.3, -0.25) is 4.79 Å². The van der Waals surface area contributed by atoms with E-state index in [0.29, 0.717) is 30.2 Å². The molecule has 1 aromatic carbocycles. The zero-order valence-electron chi connectivity index (χ0n) is 11.4. The molecule has 1 heterocycles. The van der Waals surface area contributed by atoms with Gasteiger partial charge in [-0.2, -0.15) is 11.3 Å². The minimum Gasteiger partial charge on any atom is -0.491 e. The van der Waals surface area contributed by atoms with Crippen molar-refractivity contribution in [1.82, 2.24) is 5.32 Å². The highest BCUT2D eigenvalue weighted by molar-refractivity contribution is 7.07. The van der Waals surface area contributed by atoms with Gasteiger partial charge in [0.15, 0.2) is 5.75 Å². The number of anilines is 1. The predicted octanol–water partition coefficient (Wildman–Crippen LogP) is 2.70. The Hall–Kier alpha value is -2.01. The molecule has 2 rings (SSSR count). The van der Waals surface area contributed by atoms with E-state index in [9.17, 15) is 4.79 Å². The number of ether oxygens (including phenoxy) is 1. The second-order valence-electron chi connectivity index (χ2n) is 4.29. The first kappa shape index (κ1) is 14.4. The summed E-state index contributed by atoms with van der Waals surface area (Å²) >= 11 is 1.66. The third-order valence-corrected chi connectivity index (χ3v) is 3.59. The molecule has 3 N–H and O–H groups in total. The van der Waals surface area contributed by atoms with Crippen molar-refractivity contribution >= 4 is 22.9 Å². The van der Waals surface area contributed by atoms with Crippen LogP contribution >= 0.6 is 11.3 Å². The summed E-state index contributed by atoms with van der Waals surface area (Å²) in [5.41, 5.74) is 8.04. The lowest BCUT2D eigenvalue weighted by Crippen LogP contribution is -2.26. The summed E-state index contributed by atoms with van der Waals surface area (Å²) < 4.78 is 5.46. The van der Waals surface area contributed by atoms with Gasteiger partial charge in [0.2, 0.25) is 0 Å². The normalized spacial score (nSPS) is 10.2. The van der Waals surface area contributed by atoms with E-state index in [1.807, 2.05) is 12.3 Å². The fourth-order valence-electron chi connectivity index (χ4n) is 1.89. The number of benzene rings is 1. The summed E-state index contributed by atoms with van der Waals surface area (Å²) in [6.45, 7) is 2.93. The van der Waals surface area contributed by atoms with Gasteiger partial charge in [0.05, 0.1) is 17.9 Å². The molecule has 0 saturated carbocycles. The molecule has 0 fully saturated rings. The number of carbonyl (C=O) groups is 1. The molecule has 0 saturated heterocycles. The van der Waals surface area contributed by atoms with E-state index in [2.05, 4.69) is 16.8 Å². The van der Waals surface area contributed by atoms with Crippen molar-refractivity contribution in [2.45, 2.75) is 13.3 Å². The Labute approximate surface area is 122 Å². The zero-order valence-corrected chi connectivity index (χ0v) is 12.2. The third-order valence-electron chi connectivity index (χ3n) is 2.86. The molecule has 1 aromatic heterocycles. The van der Waals surface area contributed by atoms with Crippen LogP contribution in [-0.2, 0) is 6.42 Å². The molecule has 5 heteroatoms. The van der Waals surface area contributed by atoms with E-state index in [-0.39, 0.29) is 5.91 Å². The van der Waals surface area contributed by atoms with Gasteiger partial charge in [0, 0.05) is 6.54 Å². The van der Waals surface area contributed by atoms with Crippen LogP contribution in [0.5, 0.6) is 5.75 Å². The van der Waals surface area contributed by atoms with Gasteiger partial charge >= 0.3 is 0 Å². The van der Waals surface area contributed by atoms with E-state index >= 15 is 0 Å². The van der Waals surface area contributed by atoms with E-state index in [4.69, 9.17) is 10.5 Å². The van der Waals surface area contributed by atoms with Crippen molar-refractivity contribution < 1.29 is 9.53 Å². The van der Waals surface area contributed by atoms with E-state index in [1.165, 1.54) is 5.56 Å². The summed E-state index contributed by atoms with van der Waals surface area (Å²) in [6.07, 6.45) is 0.821. The lowest BCUT2D eigenvalue weighted by atomic mass is 10.1. The Morgan fingerprint density at radius 1 is 1.40 bits per heavy atom. The molecule has 0 aliphatic carbocycles. The van der Waals surface area contributed by atoms with Gasteiger partial charge in [0.25, 0.3) is 5.91 Å². The van der Waals surface area contributed by atoms with Crippen LogP contribution in [0.2, 0.25) is 0 Å². The summed E-state index contributed by atoms with van der Waals surface area (Å²) in [5.74, 6) is 0.305. The number of nitrogen functional groups attached to an aromatic ring is 1. The zero-order chi connectivity index (χ0) is 14.4. The van der Waals surface area contributed by atoms with Crippen LogP contribution in [0.4, 0.5) is 5.69 Å². The summed E-state index contributed by atoms with van der Waals surface area (Å²) in [5, 5.41) is 7.01. The third kappa shape index (κ3) is 3.51. The van der Waals surface area contributed by atoms with Crippen LogP contribution in [0, 0.1) is 0 Å². The predicted molar refractivity (Wildman–Crippen MR) is 82.4 cm³/mol. The molecule has 0 unspecified atom stereocenters. The molecular weight excluding hydrogens is 272 g/mol. The Kier molecular flexibility index (Phi) is 5.01. The van der Waals surface area contributed by atoms with Crippen molar-refractivity contribution in [2.24, 2.45) is 0 Å². The number of hydrogen-bond donors (Lipinski definition) is 2. The summed E-state index contributed by atoms with van der Waals surface area (Å²) in [4.78, 5) is 12.2. The van der Waals surface area contributed by atoms with E-state index in [1.54, 1.807) is 29.5 Å². The van der Waals surface area contributed by atoms with Crippen molar-refractivity contribution in [3.8, 4) is 5.75 Å². The molecule has 0 bridgehead atoms. The van der Waals surface area contributed by atoms with Crippen LogP contribution in [0.25, 0.3) is 0 Å². The standard InChI is InChI=1S/C15H18N2O2S/c1-2-19-14-12(4-3-5-13(14)16)15(18)17-8-6-11-7-9-20-10-11/h3-5,7,9-10H,2,6,8,16H2,1H3,(H,17,18). The van der Waals surface area contributed by atoms with Gasteiger partial charge in [0.1, 0.15) is 0 Å². The number of rotatable bonds is 6. The average molecular weight is 290 g/mol. The topological polar surface area (TPSA) is 64.3 Å². The lowest BCUT2D eigenvalue weighted by molar-refractivity contribution is 0.0950. The molecule has 106 valence electrons. The molecule has 0 radical (unpaired) electrons. The van der Waals surface area contributed by atoms with Gasteiger partial charge in [-0.25, -0.2) is 0 Å². The smallest absolute Gasteiger partial charge is 0.255 e. The van der Waals surface area contributed by atoms with Crippen molar-refractivity contribution in [3.63, 3.8) is 0 Å². The van der Waals surface area contributed by atoms with Crippen LogP contribution in [0.15, 0.2) is 35.0 Å². The number of carbonyl (C=O) groups excluding carboxylic acids is 1. The molecule has 20 heavy (non-hydrogen) atoms. The van der Waals surface area contributed by atoms with Crippen LogP contribution in [0.3, 0.4) is 0 Å². The Balaban J connectivity index is 1.99. The number of amides is 1. The van der Waals surface area contributed by atoms with Gasteiger partial charge < -0.3 is 15.8 Å². The molecular formula is C15H18N2O2S. The average Bonchev–Trinajstić information content (AvgIpc) is 2.94. The first-order valence-corrected chi connectivity index (χ1v) is 7.47. The summed E-state index contributed by atoms with van der Waals surface area (Å²) in [6, 6.07) is 7.27. The first-order valence-electron chi connectivity index (χ1n) is 6.53. The highest BCUT2D eigenvalue weighted by Crippen LogP contribution is 2.26. The fourth-order valence-corrected chi connectivity index (χ4v) is 2.59. The number of thiophene rings is 1. The second kappa shape index (κ2) is 6.96. The van der Waals surface area contributed by atoms with Gasteiger partial charge in [-0.1, -0.05) is 6.07 Å². The highest BCUT2D eigenvalue weighted by atomic mass is 32.1. The molecule has 0 aliphatic rings. The van der Waals surface area contributed by atoms with Crippen LogP contribution < -0.4 is 15.8 Å². The molecule has 0 spiro atoms. The quantitative estimate of drug-likeness (QED) is 0.804. The second-order valence-corrected chi connectivity index (χ2v) is 5.07. The van der Waals surface area contributed by atoms with Gasteiger partial charge in [-0.15, -0.1) is 0 Å². The van der Waals surface area contributed by atoms with E-state index in [0.717, 1.165) is 6.42 Å². The Morgan fingerprint density at radius 3 is 2.95 bits per heavy atom. The van der Waals surface area contributed by atoms with E-state index < -0.39 is 0 Å².